The summed E-state index contributed by atoms with van der Waals surface area (Å²) in [6, 6.07) is 8.13. The van der Waals surface area contributed by atoms with Gasteiger partial charge in [-0.2, -0.15) is 13.2 Å². The highest BCUT2D eigenvalue weighted by Gasteiger charge is 2.34. The molecule has 8 heteroatoms. The fourth-order valence-electron chi connectivity index (χ4n) is 2.83. The molecule has 0 spiro atoms. The summed E-state index contributed by atoms with van der Waals surface area (Å²) in [5, 5.41) is 6.41. The third-order valence-corrected chi connectivity index (χ3v) is 4.15. The smallest absolute Gasteiger partial charge is 0.378 e. The van der Waals surface area contributed by atoms with Gasteiger partial charge in [-0.15, -0.1) is 0 Å². The summed E-state index contributed by atoms with van der Waals surface area (Å²) in [5.41, 5.74) is 2.24. The second kappa shape index (κ2) is 8.42. The van der Waals surface area contributed by atoms with Crippen LogP contribution in [0.2, 0.25) is 0 Å². The molecule has 1 atom stereocenters. The SMILES string of the molecule is CN=C(NCc1ccc(N(C)C)cc1)NC1CCN(CC(F)(F)F)C1. The minimum absolute atomic E-state index is 0.0235. The molecule has 0 amide bonds. The number of rotatable bonds is 5. The van der Waals surface area contributed by atoms with Gasteiger partial charge in [0, 0.05) is 52.5 Å². The minimum Gasteiger partial charge on any atom is -0.378 e. The predicted octanol–water partition coefficient (Wildman–Crippen LogP) is 2.05. The number of nitrogens with zero attached hydrogens (tertiary/aromatic N) is 3. The molecule has 2 rings (SSSR count). The van der Waals surface area contributed by atoms with Crippen molar-refractivity contribution in [2.45, 2.75) is 25.2 Å². The van der Waals surface area contributed by atoms with Crippen molar-refractivity contribution in [2.24, 2.45) is 4.99 Å². The molecule has 1 heterocycles. The Morgan fingerprint density at radius 2 is 1.96 bits per heavy atom. The van der Waals surface area contributed by atoms with Crippen LogP contribution in [0.4, 0.5) is 18.9 Å². The van der Waals surface area contributed by atoms with Gasteiger partial charge in [-0.1, -0.05) is 12.1 Å². The molecule has 0 aliphatic carbocycles. The van der Waals surface area contributed by atoms with Crippen LogP contribution in [0, 0.1) is 0 Å². The lowest BCUT2D eigenvalue weighted by Crippen LogP contribution is -2.44. The summed E-state index contributed by atoms with van der Waals surface area (Å²) in [5.74, 6) is 0.607. The monoisotopic (exact) mass is 357 g/mol. The summed E-state index contributed by atoms with van der Waals surface area (Å²) in [6.45, 7) is 0.569. The molecule has 1 aliphatic rings. The molecule has 0 aromatic heterocycles. The van der Waals surface area contributed by atoms with Crippen LogP contribution in [0.5, 0.6) is 0 Å². The molecule has 1 aliphatic heterocycles. The molecule has 0 bridgehead atoms. The molecular formula is C17H26F3N5. The normalized spacial score (nSPS) is 19.1. The Balaban J connectivity index is 1.79. The van der Waals surface area contributed by atoms with Crippen LogP contribution in [-0.2, 0) is 6.54 Å². The first-order valence-electron chi connectivity index (χ1n) is 8.29. The Morgan fingerprint density at radius 1 is 1.28 bits per heavy atom. The lowest BCUT2D eigenvalue weighted by Gasteiger charge is -2.20. The molecular weight excluding hydrogens is 331 g/mol. The maximum absolute atomic E-state index is 12.4. The molecule has 25 heavy (non-hydrogen) atoms. The fourth-order valence-corrected chi connectivity index (χ4v) is 2.83. The zero-order valence-electron chi connectivity index (χ0n) is 14.9. The van der Waals surface area contributed by atoms with Crippen LogP contribution < -0.4 is 15.5 Å². The second-order valence-corrected chi connectivity index (χ2v) is 6.47. The number of hydrogen-bond acceptors (Lipinski definition) is 3. The molecule has 0 radical (unpaired) electrons. The Kier molecular flexibility index (Phi) is 6.52. The van der Waals surface area contributed by atoms with Crippen LogP contribution in [-0.4, -0.2) is 63.9 Å². The zero-order chi connectivity index (χ0) is 18.4. The van der Waals surface area contributed by atoms with Crippen molar-refractivity contribution in [3.05, 3.63) is 29.8 Å². The summed E-state index contributed by atoms with van der Waals surface area (Å²) in [4.78, 5) is 7.61. The lowest BCUT2D eigenvalue weighted by molar-refractivity contribution is -0.143. The molecule has 5 nitrogen and oxygen atoms in total. The summed E-state index contributed by atoms with van der Waals surface area (Å²) in [7, 11) is 5.64. The second-order valence-electron chi connectivity index (χ2n) is 6.47. The van der Waals surface area contributed by atoms with E-state index in [0.717, 1.165) is 11.3 Å². The van der Waals surface area contributed by atoms with Crippen molar-refractivity contribution in [2.75, 3.05) is 45.7 Å². The Morgan fingerprint density at radius 3 is 2.52 bits per heavy atom. The maximum Gasteiger partial charge on any atom is 0.401 e. The molecule has 0 saturated carbocycles. The maximum atomic E-state index is 12.4. The van der Waals surface area contributed by atoms with E-state index < -0.39 is 12.7 Å². The zero-order valence-corrected chi connectivity index (χ0v) is 14.9. The Bertz CT molecular complexity index is 569. The van der Waals surface area contributed by atoms with Crippen molar-refractivity contribution in [3.63, 3.8) is 0 Å². The van der Waals surface area contributed by atoms with Crippen LogP contribution >= 0.6 is 0 Å². The largest absolute Gasteiger partial charge is 0.401 e. The third-order valence-electron chi connectivity index (χ3n) is 4.15. The average Bonchev–Trinajstić information content (AvgIpc) is 2.96. The van der Waals surface area contributed by atoms with Gasteiger partial charge in [-0.25, -0.2) is 0 Å². The number of likely N-dealkylation sites (tertiary alicyclic amines) is 1. The molecule has 1 unspecified atom stereocenters. The number of anilines is 1. The van der Waals surface area contributed by atoms with E-state index in [9.17, 15) is 13.2 Å². The van der Waals surface area contributed by atoms with Crippen molar-refractivity contribution in [3.8, 4) is 0 Å². The summed E-state index contributed by atoms with van der Waals surface area (Å²) < 4.78 is 37.3. The van der Waals surface area contributed by atoms with Gasteiger partial charge < -0.3 is 15.5 Å². The van der Waals surface area contributed by atoms with E-state index in [1.54, 1.807) is 7.05 Å². The van der Waals surface area contributed by atoms with Gasteiger partial charge in [0.2, 0.25) is 0 Å². The van der Waals surface area contributed by atoms with Gasteiger partial charge in [0.15, 0.2) is 5.96 Å². The Hall–Kier alpha value is -1.96. The van der Waals surface area contributed by atoms with Gasteiger partial charge in [0.05, 0.1) is 6.54 Å². The average molecular weight is 357 g/mol. The van der Waals surface area contributed by atoms with E-state index in [0.29, 0.717) is 32.0 Å². The van der Waals surface area contributed by atoms with E-state index in [1.807, 2.05) is 43.3 Å². The fraction of sp³-hybridized carbons (Fsp3) is 0.588. The van der Waals surface area contributed by atoms with Gasteiger partial charge in [-0.05, 0) is 24.1 Å². The molecule has 1 aromatic carbocycles. The Labute approximate surface area is 146 Å². The molecule has 2 N–H and O–H groups in total. The predicted molar refractivity (Wildman–Crippen MR) is 95.0 cm³/mol. The topological polar surface area (TPSA) is 42.9 Å². The summed E-state index contributed by atoms with van der Waals surface area (Å²) in [6.07, 6.45) is -3.47. The standard InChI is InChI=1S/C17H26F3N5/c1-21-16(22-10-13-4-6-15(7-5-13)24(2)3)23-14-8-9-25(11-14)12-17(18,19)20/h4-7,14H,8-12H2,1-3H3,(H2,21,22,23). The number of hydrogen-bond donors (Lipinski definition) is 2. The number of aliphatic imine (C=N–C) groups is 1. The van der Waals surface area contributed by atoms with Crippen LogP contribution in [0.25, 0.3) is 0 Å². The van der Waals surface area contributed by atoms with Crippen molar-refractivity contribution >= 4 is 11.6 Å². The quantitative estimate of drug-likeness (QED) is 0.625. The highest BCUT2D eigenvalue weighted by molar-refractivity contribution is 5.80. The van der Waals surface area contributed by atoms with Crippen LogP contribution in [0.3, 0.4) is 0 Å². The van der Waals surface area contributed by atoms with Gasteiger partial charge in [-0.3, -0.25) is 9.89 Å². The first kappa shape index (κ1) is 19.4. The van der Waals surface area contributed by atoms with E-state index in [4.69, 9.17) is 0 Å². The summed E-state index contributed by atoms with van der Waals surface area (Å²) >= 11 is 0. The highest BCUT2D eigenvalue weighted by atomic mass is 19.4. The third kappa shape index (κ3) is 6.45. The molecule has 140 valence electrons. The molecule has 1 fully saturated rings. The molecule has 1 aromatic rings. The first-order chi connectivity index (χ1) is 11.8. The number of alkyl halides is 3. The van der Waals surface area contributed by atoms with Gasteiger partial charge in [0.25, 0.3) is 0 Å². The van der Waals surface area contributed by atoms with Crippen molar-refractivity contribution in [1.29, 1.82) is 0 Å². The molecule has 1 saturated heterocycles. The van der Waals surface area contributed by atoms with E-state index in [2.05, 4.69) is 15.6 Å². The van der Waals surface area contributed by atoms with Crippen molar-refractivity contribution < 1.29 is 13.2 Å². The number of nitrogens with one attached hydrogen (secondary N) is 2. The lowest BCUT2D eigenvalue weighted by atomic mass is 10.2. The van der Waals surface area contributed by atoms with E-state index in [1.165, 1.54) is 4.90 Å². The first-order valence-corrected chi connectivity index (χ1v) is 8.29. The number of benzene rings is 1. The highest BCUT2D eigenvalue weighted by Crippen LogP contribution is 2.20. The van der Waals surface area contributed by atoms with Crippen molar-refractivity contribution in [1.82, 2.24) is 15.5 Å². The number of halogens is 3. The van der Waals surface area contributed by atoms with E-state index in [-0.39, 0.29) is 6.04 Å². The van der Waals surface area contributed by atoms with Crippen LogP contribution in [0.1, 0.15) is 12.0 Å². The minimum atomic E-state index is -4.15. The van der Waals surface area contributed by atoms with E-state index >= 15 is 0 Å². The van der Waals surface area contributed by atoms with Crippen LogP contribution in [0.15, 0.2) is 29.3 Å². The number of guanidine groups is 1. The van der Waals surface area contributed by atoms with Gasteiger partial charge in [0.1, 0.15) is 0 Å². The van der Waals surface area contributed by atoms with Gasteiger partial charge >= 0.3 is 6.18 Å².